The molecule has 0 saturated carbocycles. The molecule has 0 aliphatic carbocycles. The molecule has 5 nitrogen and oxygen atoms in total. The summed E-state index contributed by atoms with van der Waals surface area (Å²) in [6.45, 7) is 8.06. The van der Waals surface area contributed by atoms with Crippen molar-refractivity contribution in [2.45, 2.75) is 71.1 Å². The van der Waals surface area contributed by atoms with Crippen LogP contribution < -0.4 is 5.48 Å². The normalized spacial score (nSPS) is 20.7. The number of rotatable bonds is 14. The van der Waals surface area contributed by atoms with Gasteiger partial charge in [0.15, 0.2) is 0 Å². The van der Waals surface area contributed by atoms with Gasteiger partial charge in [0.25, 0.3) is 0 Å². The molecule has 1 fully saturated rings. The summed E-state index contributed by atoms with van der Waals surface area (Å²) in [6, 6.07) is 6.22. The fourth-order valence-corrected chi connectivity index (χ4v) is 4.78. The fourth-order valence-electron chi connectivity index (χ4n) is 4.47. The Bertz CT molecular complexity index is 974. The molecule has 0 aromatic heterocycles. The van der Waals surface area contributed by atoms with Gasteiger partial charge in [-0.3, -0.25) is 4.84 Å². The van der Waals surface area contributed by atoms with E-state index in [1.165, 1.54) is 11.6 Å². The molecule has 0 amide bonds. The number of benzene rings is 1. The Morgan fingerprint density at radius 1 is 1.29 bits per heavy atom. The lowest BCUT2D eigenvalue weighted by atomic mass is 9.87. The van der Waals surface area contributed by atoms with Crippen LogP contribution in [0, 0.1) is 0 Å². The molecule has 1 saturated heterocycles. The van der Waals surface area contributed by atoms with Crippen molar-refractivity contribution < 1.29 is 19.4 Å². The van der Waals surface area contributed by atoms with E-state index in [1.807, 2.05) is 37.3 Å². The Morgan fingerprint density at radius 3 is 2.66 bits per heavy atom. The van der Waals surface area contributed by atoms with E-state index in [2.05, 4.69) is 49.5 Å². The molecular formula is C31H46ClFN2O3. The summed E-state index contributed by atoms with van der Waals surface area (Å²) < 4.78 is 12.5. The van der Waals surface area contributed by atoms with E-state index in [0.29, 0.717) is 17.8 Å². The third kappa shape index (κ3) is 11.0. The smallest absolute Gasteiger partial charge is 0.0925 e. The zero-order valence-corrected chi connectivity index (χ0v) is 24.3. The van der Waals surface area contributed by atoms with Crippen LogP contribution in [0.1, 0.15) is 64.0 Å². The lowest BCUT2D eigenvalue weighted by Crippen LogP contribution is -2.33. The van der Waals surface area contributed by atoms with Crippen molar-refractivity contribution in [3.63, 3.8) is 0 Å². The second kappa shape index (κ2) is 19.1. The molecule has 1 aromatic rings. The standard InChI is InChI=1S/C30H42ClFN2O2.CH4O/c1-5-11-25(14-10-18-32)27-16-15-24(21-28(27)31)23-34(4)19-17-30(7-3)22-29(33-36-30)26(12-6-2)13-8-9-20-35;1-2/h5,8,10-16,18,21,29,33,35H,6-7,9,17,19-20,22-23H2,1-4H3;2H,1H3/b11-5-,13-8-,18-10+,25-14+,26-12+;. The highest BCUT2D eigenvalue weighted by Crippen LogP contribution is 2.34. The van der Waals surface area contributed by atoms with Crippen LogP contribution in [0.25, 0.3) is 5.57 Å². The van der Waals surface area contributed by atoms with E-state index in [4.69, 9.17) is 26.7 Å². The van der Waals surface area contributed by atoms with Gasteiger partial charge in [-0.2, -0.15) is 5.48 Å². The van der Waals surface area contributed by atoms with Crippen molar-refractivity contribution in [3.05, 3.63) is 88.8 Å². The van der Waals surface area contributed by atoms with Crippen molar-refractivity contribution in [2.75, 3.05) is 27.3 Å². The lowest BCUT2D eigenvalue weighted by molar-refractivity contribution is -0.0658. The first-order chi connectivity index (χ1) is 18.4. The summed E-state index contributed by atoms with van der Waals surface area (Å²) in [4.78, 5) is 8.48. The Morgan fingerprint density at radius 2 is 2.05 bits per heavy atom. The maximum Gasteiger partial charge on any atom is 0.0925 e. The summed E-state index contributed by atoms with van der Waals surface area (Å²) in [5.74, 6) is 0. The van der Waals surface area contributed by atoms with Gasteiger partial charge in [0.1, 0.15) is 0 Å². The monoisotopic (exact) mass is 548 g/mol. The van der Waals surface area contributed by atoms with Crippen molar-refractivity contribution >= 4 is 17.2 Å². The number of hydrogen-bond acceptors (Lipinski definition) is 5. The highest BCUT2D eigenvalue weighted by atomic mass is 35.5. The van der Waals surface area contributed by atoms with Crippen molar-refractivity contribution in [1.82, 2.24) is 10.4 Å². The van der Waals surface area contributed by atoms with E-state index < -0.39 is 0 Å². The van der Waals surface area contributed by atoms with Gasteiger partial charge in [-0.05, 0) is 68.5 Å². The maximum absolute atomic E-state index is 12.5. The number of aliphatic hydroxyl groups excluding tert-OH is 2. The van der Waals surface area contributed by atoms with Crippen molar-refractivity contribution in [3.8, 4) is 0 Å². The second-order valence-electron chi connectivity index (χ2n) is 9.28. The number of nitrogens with one attached hydrogen (secondary N) is 1. The molecule has 3 N–H and O–H groups in total. The number of allylic oxidation sites excluding steroid dienone is 6. The van der Waals surface area contributed by atoms with Gasteiger partial charge in [0, 0.05) is 43.8 Å². The minimum absolute atomic E-state index is 0.156. The molecule has 2 rings (SSSR count). The predicted molar refractivity (Wildman–Crippen MR) is 158 cm³/mol. The molecule has 0 radical (unpaired) electrons. The van der Waals surface area contributed by atoms with E-state index >= 15 is 0 Å². The first kappa shape index (κ1) is 34.0. The van der Waals surface area contributed by atoms with Crippen molar-refractivity contribution in [1.29, 1.82) is 0 Å². The molecule has 212 valence electrons. The number of halogens is 2. The van der Waals surface area contributed by atoms with E-state index in [9.17, 15) is 4.39 Å². The number of aliphatic hydroxyl groups is 2. The molecule has 38 heavy (non-hydrogen) atoms. The predicted octanol–water partition coefficient (Wildman–Crippen LogP) is 6.93. The lowest BCUT2D eigenvalue weighted by Gasteiger charge is -2.28. The van der Waals surface area contributed by atoms with Gasteiger partial charge in [-0.15, -0.1) is 0 Å². The molecule has 1 aliphatic heterocycles. The largest absolute Gasteiger partial charge is 0.400 e. The number of nitrogens with zero attached hydrogens (tertiary/aromatic N) is 1. The third-order valence-corrected chi connectivity index (χ3v) is 6.84. The molecule has 0 spiro atoms. The quantitative estimate of drug-likeness (QED) is 0.220. The molecule has 1 aliphatic rings. The Labute approximate surface area is 234 Å². The summed E-state index contributed by atoms with van der Waals surface area (Å²) in [5, 5.41) is 16.7. The topological polar surface area (TPSA) is 65.0 Å². The average molecular weight is 549 g/mol. The summed E-state index contributed by atoms with van der Waals surface area (Å²) in [6.07, 6.45) is 18.2. The van der Waals surface area contributed by atoms with Crippen LogP contribution >= 0.6 is 11.6 Å². The Balaban J connectivity index is 0.00000352. The molecule has 1 heterocycles. The third-order valence-electron chi connectivity index (χ3n) is 6.53. The average Bonchev–Trinajstić information content (AvgIpc) is 3.36. The van der Waals surface area contributed by atoms with Gasteiger partial charge < -0.3 is 15.1 Å². The van der Waals surface area contributed by atoms with Crippen molar-refractivity contribution in [2.24, 2.45) is 0 Å². The highest BCUT2D eigenvalue weighted by Gasteiger charge is 2.40. The van der Waals surface area contributed by atoms with Crippen LogP contribution in [0.4, 0.5) is 4.39 Å². The first-order valence-corrected chi connectivity index (χ1v) is 13.7. The van der Waals surface area contributed by atoms with Crippen LogP contribution in [0.5, 0.6) is 0 Å². The highest BCUT2D eigenvalue weighted by molar-refractivity contribution is 6.32. The SMILES string of the molecule is CO.C\C=C/C(=C\C=C\F)c1ccc(CN(C)CCC2(CC)CC(C(/C=C\CCO)=C/CC)NO2)cc1Cl. The van der Waals surface area contributed by atoms with Crippen LogP contribution in [0.2, 0.25) is 5.02 Å². The minimum Gasteiger partial charge on any atom is -0.400 e. The fraction of sp³-hybridized carbons (Fsp3) is 0.484. The molecule has 2 unspecified atom stereocenters. The Hall–Kier alpha value is -2.06. The summed E-state index contributed by atoms with van der Waals surface area (Å²) in [5.41, 5.74) is 7.15. The maximum atomic E-state index is 12.5. The zero-order chi connectivity index (χ0) is 28.4. The van der Waals surface area contributed by atoms with E-state index in [1.54, 1.807) is 6.08 Å². The van der Waals surface area contributed by atoms with Crippen LogP contribution in [-0.4, -0.2) is 54.1 Å². The summed E-state index contributed by atoms with van der Waals surface area (Å²) >= 11 is 6.60. The molecule has 0 bridgehead atoms. The first-order valence-electron chi connectivity index (χ1n) is 13.3. The summed E-state index contributed by atoms with van der Waals surface area (Å²) in [7, 11) is 3.11. The van der Waals surface area contributed by atoms with Crippen LogP contribution in [0.15, 0.2) is 72.6 Å². The van der Waals surface area contributed by atoms with E-state index in [0.717, 1.165) is 62.6 Å². The number of hydrogen-bond donors (Lipinski definition) is 3. The minimum atomic E-state index is -0.214. The Kier molecular flexibility index (Phi) is 17.0. The van der Waals surface area contributed by atoms with Crippen LogP contribution in [0.3, 0.4) is 0 Å². The number of hydroxylamine groups is 1. The van der Waals surface area contributed by atoms with Gasteiger partial charge in [-0.1, -0.05) is 74.0 Å². The molecule has 1 aromatic carbocycles. The molecule has 7 heteroatoms. The van der Waals surface area contributed by atoms with Gasteiger partial charge in [-0.25, -0.2) is 4.39 Å². The zero-order valence-electron chi connectivity index (χ0n) is 23.6. The van der Waals surface area contributed by atoms with Gasteiger partial charge >= 0.3 is 0 Å². The molecular weight excluding hydrogens is 503 g/mol. The second-order valence-corrected chi connectivity index (χ2v) is 9.69. The van der Waals surface area contributed by atoms with Crippen LogP contribution in [-0.2, 0) is 11.4 Å². The van der Waals surface area contributed by atoms with Gasteiger partial charge in [0.2, 0.25) is 0 Å². The van der Waals surface area contributed by atoms with Gasteiger partial charge in [0.05, 0.1) is 18.0 Å². The molecule has 2 atom stereocenters. The van der Waals surface area contributed by atoms with E-state index in [-0.39, 0.29) is 18.2 Å².